The molecule has 0 saturated heterocycles. The Hall–Kier alpha value is -2.37. The van der Waals surface area contributed by atoms with Crippen molar-refractivity contribution < 1.29 is 28.6 Å². The third-order valence-electron chi connectivity index (χ3n) is 11.4. The Balaban J connectivity index is 4.27. The van der Waals surface area contributed by atoms with E-state index in [0.29, 0.717) is 19.3 Å². The molecule has 0 saturated carbocycles. The van der Waals surface area contributed by atoms with Crippen LogP contribution in [0.15, 0.2) is 36.5 Å². The lowest BCUT2D eigenvalue weighted by molar-refractivity contribution is -0.167. The minimum atomic E-state index is -0.769. The number of allylic oxidation sites excluding steroid dienone is 6. The Morgan fingerprint density at radius 3 is 1.02 bits per heavy atom. The maximum atomic E-state index is 12.8. The average molecular weight is 843 g/mol. The van der Waals surface area contributed by atoms with Crippen LogP contribution in [-0.4, -0.2) is 37.2 Å². The molecule has 0 rings (SSSR count). The van der Waals surface area contributed by atoms with E-state index >= 15 is 0 Å². The topological polar surface area (TPSA) is 78.9 Å². The van der Waals surface area contributed by atoms with Gasteiger partial charge in [0.2, 0.25) is 0 Å². The van der Waals surface area contributed by atoms with Gasteiger partial charge in [-0.05, 0) is 51.4 Å². The third-order valence-corrected chi connectivity index (χ3v) is 11.4. The van der Waals surface area contributed by atoms with Gasteiger partial charge < -0.3 is 14.2 Å². The Kier molecular flexibility index (Phi) is 47.3. The van der Waals surface area contributed by atoms with Crippen molar-refractivity contribution in [1.82, 2.24) is 0 Å². The first-order chi connectivity index (χ1) is 29.5. The van der Waals surface area contributed by atoms with Gasteiger partial charge in [-0.1, -0.05) is 237 Å². The second-order valence-corrected chi connectivity index (χ2v) is 17.4. The molecule has 350 valence electrons. The average Bonchev–Trinajstić information content (AvgIpc) is 3.24. The molecule has 0 N–H and O–H groups in total. The molecule has 1 unspecified atom stereocenters. The summed E-state index contributed by atoms with van der Waals surface area (Å²) >= 11 is 0. The predicted octanol–water partition coefficient (Wildman–Crippen LogP) is 16.9. The molecule has 0 aliphatic rings. The molecule has 0 aliphatic carbocycles. The van der Waals surface area contributed by atoms with Gasteiger partial charge >= 0.3 is 17.9 Å². The van der Waals surface area contributed by atoms with Crippen LogP contribution in [0.25, 0.3) is 0 Å². The molecule has 0 spiro atoms. The van der Waals surface area contributed by atoms with E-state index in [1.807, 2.05) is 0 Å². The van der Waals surface area contributed by atoms with Crippen molar-refractivity contribution in [2.75, 3.05) is 13.2 Å². The lowest BCUT2D eigenvalue weighted by Crippen LogP contribution is -2.30. The van der Waals surface area contributed by atoms with E-state index in [1.165, 1.54) is 148 Å². The summed E-state index contributed by atoms with van der Waals surface area (Å²) in [6, 6.07) is 0. The highest BCUT2D eigenvalue weighted by Gasteiger charge is 2.19. The normalized spacial score (nSPS) is 12.2. The van der Waals surface area contributed by atoms with Crippen LogP contribution in [0.2, 0.25) is 0 Å². The molecule has 0 fully saturated rings. The van der Waals surface area contributed by atoms with E-state index in [0.717, 1.165) is 83.5 Å². The first-order valence-electron chi connectivity index (χ1n) is 26.0. The van der Waals surface area contributed by atoms with Crippen LogP contribution in [0.4, 0.5) is 0 Å². The first-order valence-corrected chi connectivity index (χ1v) is 26.0. The van der Waals surface area contributed by atoms with Crippen LogP contribution in [0.1, 0.15) is 271 Å². The zero-order chi connectivity index (χ0) is 43.7. The van der Waals surface area contributed by atoms with Gasteiger partial charge in [-0.3, -0.25) is 14.4 Å². The van der Waals surface area contributed by atoms with Gasteiger partial charge in [0.25, 0.3) is 0 Å². The summed E-state index contributed by atoms with van der Waals surface area (Å²) in [4.78, 5) is 37.9. The van der Waals surface area contributed by atoms with Crippen molar-refractivity contribution in [3.05, 3.63) is 36.5 Å². The lowest BCUT2D eigenvalue weighted by Gasteiger charge is -2.18. The van der Waals surface area contributed by atoms with Crippen molar-refractivity contribution in [1.29, 1.82) is 0 Å². The fourth-order valence-electron chi connectivity index (χ4n) is 7.52. The van der Waals surface area contributed by atoms with Crippen molar-refractivity contribution in [3.8, 4) is 0 Å². The first kappa shape index (κ1) is 57.6. The maximum absolute atomic E-state index is 12.8. The zero-order valence-electron chi connectivity index (χ0n) is 40.0. The summed E-state index contributed by atoms with van der Waals surface area (Å²) < 4.78 is 16.8. The standard InChI is InChI=1S/C54H98O6/c1-4-7-10-13-16-19-21-23-25-27-29-31-33-35-38-41-44-47-53(56)59-50-51(49-58-52(55)46-43-40-37-18-15-12-9-6-3)60-54(57)48-45-42-39-36-34-32-30-28-26-24-22-20-17-14-11-8-5-2/h7,10,16,19,23,25,51H,4-6,8-9,11-15,17-18,20-22,24,26-50H2,1-3H3/b10-7-,19-16-,25-23-. The minimum Gasteiger partial charge on any atom is -0.462 e. The van der Waals surface area contributed by atoms with Crippen LogP contribution in [0.5, 0.6) is 0 Å². The molecule has 0 radical (unpaired) electrons. The van der Waals surface area contributed by atoms with Crippen LogP contribution >= 0.6 is 0 Å². The van der Waals surface area contributed by atoms with Crippen molar-refractivity contribution in [3.63, 3.8) is 0 Å². The summed E-state index contributed by atoms with van der Waals surface area (Å²) in [7, 11) is 0. The second-order valence-electron chi connectivity index (χ2n) is 17.4. The van der Waals surface area contributed by atoms with Crippen molar-refractivity contribution in [2.24, 2.45) is 0 Å². The highest BCUT2D eigenvalue weighted by molar-refractivity contribution is 5.71. The van der Waals surface area contributed by atoms with Crippen molar-refractivity contribution >= 4 is 17.9 Å². The number of hydrogen-bond acceptors (Lipinski definition) is 6. The number of unbranched alkanes of at least 4 members (excludes halogenated alkanes) is 30. The molecule has 0 heterocycles. The Morgan fingerprint density at radius 2 is 0.650 bits per heavy atom. The molecule has 6 nitrogen and oxygen atoms in total. The summed E-state index contributed by atoms with van der Waals surface area (Å²) in [5.41, 5.74) is 0. The summed E-state index contributed by atoms with van der Waals surface area (Å²) in [5, 5.41) is 0. The SMILES string of the molecule is CC/C=C\C/C=C\C/C=C\CCCCCCCCCC(=O)OCC(COC(=O)CCCCCCCCCC)OC(=O)CCCCCCCCCCCCCCCCCCC. The van der Waals surface area contributed by atoms with E-state index in [9.17, 15) is 14.4 Å². The molecule has 0 bridgehead atoms. The zero-order valence-corrected chi connectivity index (χ0v) is 40.0. The van der Waals surface area contributed by atoms with Crippen LogP contribution in [0.3, 0.4) is 0 Å². The quantitative estimate of drug-likeness (QED) is 0.0263. The molecule has 6 heteroatoms. The molecule has 0 aromatic rings. The van der Waals surface area contributed by atoms with E-state index in [4.69, 9.17) is 14.2 Å². The van der Waals surface area contributed by atoms with E-state index < -0.39 is 6.10 Å². The molecule has 0 aromatic carbocycles. The van der Waals surface area contributed by atoms with Crippen LogP contribution in [-0.2, 0) is 28.6 Å². The van der Waals surface area contributed by atoms with Gasteiger partial charge in [-0.15, -0.1) is 0 Å². The van der Waals surface area contributed by atoms with Gasteiger partial charge in [0.1, 0.15) is 13.2 Å². The van der Waals surface area contributed by atoms with E-state index in [-0.39, 0.29) is 31.1 Å². The predicted molar refractivity (Wildman–Crippen MR) is 256 cm³/mol. The maximum Gasteiger partial charge on any atom is 0.306 e. The van der Waals surface area contributed by atoms with Crippen molar-refractivity contribution in [2.45, 2.75) is 277 Å². The highest BCUT2D eigenvalue weighted by Crippen LogP contribution is 2.16. The smallest absolute Gasteiger partial charge is 0.306 e. The Bertz CT molecular complexity index is 1020. The van der Waals surface area contributed by atoms with E-state index in [1.54, 1.807) is 0 Å². The molecular weight excluding hydrogens is 745 g/mol. The number of carbonyl (C=O) groups excluding carboxylic acids is 3. The third kappa shape index (κ3) is 46.7. The van der Waals surface area contributed by atoms with Crippen LogP contribution < -0.4 is 0 Å². The Morgan fingerprint density at radius 1 is 0.350 bits per heavy atom. The number of esters is 3. The van der Waals surface area contributed by atoms with E-state index in [2.05, 4.69) is 57.2 Å². The largest absolute Gasteiger partial charge is 0.462 e. The number of hydrogen-bond donors (Lipinski definition) is 0. The minimum absolute atomic E-state index is 0.0717. The summed E-state index contributed by atoms with van der Waals surface area (Å²) in [6.07, 6.45) is 57.1. The number of rotatable bonds is 47. The molecule has 1 atom stereocenters. The molecule has 0 aliphatic heterocycles. The summed E-state index contributed by atoms with van der Waals surface area (Å²) in [5.74, 6) is -0.874. The van der Waals surface area contributed by atoms with Gasteiger partial charge in [-0.2, -0.15) is 0 Å². The Labute approximate surface area is 372 Å². The lowest BCUT2D eigenvalue weighted by atomic mass is 10.0. The number of carbonyl (C=O) groups is 3. The molecule has 60 heavy (non-hydrogen) atoms. The van der Waals surface area contributed by atoms with Gasteiger partial charge in [0.15, 0.2) is 6.10 Å². The second kappa shape index (κ2) is 49.3. The molecular formula is C54H98O6. The fraction of sp³-hybridized carbons (Fsp3) is 0.833. The highest BCUT2D eigenvalue weighted by atomic mass is 16.6. The van der Waals surface area contributed by atoms with Gasteiger partial charge in [0.05, 0.1) is 0 Å². The summed E-state index contributed by atoms with van der Waals surface area (Å²) in [6.45, 7) is 6.52. The monoisotopic (exact) mass is 843 g/mol. The number of ether oxygens (including phenoxy) is 3. The molecule has 0 amide bonds. The molecule has 0 aromatic heterocycles. The van der Waals surface area contributed by atoms with Gasteiger partial charge in [-0.25, -0.2) is 0 Å². The fourth-order valence-corrected chi connectivity index (χ4v) is 7.52. The van der Waals surface area contributed by atoms with Crippen LogP contribution in [0, 0.1) is 0 Å². The van der Waals surface area contributed by atoms with Gasteiger partial charge in [0, 0.05) is 19.3 Å².